The van der Waals surface area contributed by atoms with Crippen LogP contribution in [0.3, 0.4) is 0 Å². The highest BCUT2D eigenvalue weighted by Gasteiger charge is 2.15. The van der Waals surface area contributed by atoms with Crippen molar-refractivity contribution in [1.82, 2.24) is 20.2 Å². The third-order valence-corrected chi connectivity index (χ3v) is 3.24. The van der Waals surface area contributed by atoms with Gasteiger partial charge in [0.15, 0.2) is 5.82 Å². The molecule has 18 heavy (non-hydrogen) atoms. The maximum absolute atomic E-state index is 10.5. The fourth-order valence-electron chi connectivity index (χ4n) is 1.52. The third-order valence-electron chi connectivity index (χ3n) is 2.34. The molecular weight excluding hydrogens is 256 g/mol. The summed E-state index contributed by atoms with van der Waals surface area (Å²) in [6, 6.07) is 1.84. The lowest BCUT2D eigenvalue weighted by Crippen LogP contribution is -2.05. The first-order chi connectivity index (χ1) is 8.72. The van der Waals surface area contributed by atoms with E-state index >= 15 is 0 Å². The van der Waals surface area contributed by atoms with Gasteiger partial charge in [0, 0.05) is 13.0 Å². The van der Waals surface area contributed by atoms with Crippen molar-refractivity contribution < 1.29 is 14.6 Å². The summed E-state index contributed by atoms with van der Waals surface area (Å²) >= 11 is 1.48. The number of hydrogen-bond acceptors (Lipinski definition) is 6. The largest absolute Gasteiger partial charge is 0.495 e. The second-order valence-electron chi connectivity index (χ2n) is 3.54. The van der Waals surface area contributed by atoms with Crippen LogP contribution in [0.1, 0.15) is 12.8 Å². The first-order valence-electron chi connectivity index (χ1n) is 5.32. The third kappa shape index (κ3) is 2.65. The first kappa shape index (κ1) is 12.5. The number of carboxylic acids is 1. The first-order valence-corrected chi connectivity index (χ1v) is 6.20. The van der Waals surface area contributed by atoms with Crippen molar-refractivity contribution in [2.75, 3.05) is 7.11 Å². The van der Waals surface area contributed by atoms with E-state index in [1.165, 1.54) is 11.3 Å². The molecule has 2 aromatic heterocycles. The molecule has 2 heterocycles. The minimum absolute atomic E-state index is 0.0981. The Morgan fingerprint density at radius 2 is 2.44 bits per heavy atom. The number of nitrogens with zero attached hydrogens (tertiary/aromatic N) is 4. The van der Waals surface area contributed by atoms with E-state index in [2.05, 4.69) is 15.5 Å². The molecule has 8 heteroatoms. The van der Waals surface area contributed by atoms with Gasteiger partial charge < -0.3 is 9.84 Å². The predicted octanol–water partition coefficient (Wildman–Crippen LogP) is 1.27. The summed E-state index contributed by atoms with van der Waals surface area (Å²) in [4.78, 5) is 11.3. The Hall–Kier alpha value is -1.96. The number of aryl methyl sites for hydroxylation is 1. The van der Waals surface area contributed by atoms with E-state index in [0.717, 1.165) is 4.88 Å². The molecule has 0 radical (unpaired) electrons. The highest BCUT2D eigenvalue weighted by atomic mass is 32.1. The molecule has 96 valence electrons. The summed E-state index contributed by atoms with van der Waals surface area (Å²) in [5.74, 6) is 0.500. The molecule has 0 fully saturated rings. The van der Waals surface area contributed by atoms with Gasteiger partial charge in [-0.25, -0.2) is 4.68 Å². The number of carboxylic acid groups (broad SMARTS) is 1. The van der Waals surface area contributed by atoms with E-state index < -0.39 is 5.97 Å². The van der Waals surface area contributed by atoms with Crippen molar-refractivity contribution in [3.63, 3.8) is 0 Å². The van der Waals surface area contributed by atoms with Crippen LogP contribution in [0, 0.1) is 0 Å². The van der Waals surface area contributed by atoms with Crippen molar-refractivity contribution in [2.24, 2.45) is 0 Å². The van der Waals surface area contributed by atoms with E-state index in [4.69, 9.17) is 9.84 Å². The van der Waals surface area contributed by atoms with Gasteiger partial charge in [-0.05, 0) is 28.3 Å². The van der Waals surface area contributed by atoms with Gasteiger partial charge in [-0.3, -0.25) is 4.79 Å². The van der Waals surface area contributed by atoms with E-state index in [0.29, 0.717) is 24.5 Å². The summed E-state index contributed by atoms with van der Waals surface area (Å²) in [5.41, 5.74) is 0. The van der Waals surface area contributed by atoms with Crippen molar-refractivity contribution in [2.45, 2.75) is 19.4 Å². The van der Waals surface area contributed by atoms with Crippen molar-refractivity contribution >= 4 is 17.3 Å². The average molecular weight is 268 g/mol. The van der Waals surface area contributed by atoms with Crippen molar-refractivity contribution in [3.8, 4) is 16.5 Å². The molecule has 0 saturated carbocycles. The Morgan fingerprint density at radius 1 is 1.61 bits per heavy atom. The zero-order valence-electron chi connectivity index (χ0n) is 9.74. The van der Waals surface area contributed by atoms with Gasteiger partial charge in [0.1, 0.15) is 10.6 Å². The summed E-state index contributed by atoms with van der Waals surface area (Å²) in [5, 5.41) is 21.9. The fraction of sp³-hybridized carbons (Fsp3) is 0.400. The van der Waals surface area contributed by atoms with Gasteiger partial charge in [0.05, 0.1) is 7.11 Å². The van der Waals surface area contributed by atoms with Crippen LogP contribution >= 0.6 is 11.3 Å². The lowest BCUT2D eigenvalue weighted by molar-refractivity contribution is -0.137. The minimum atomic E-state index is -0.821. The van der Waals surface area contributed by atoms with Crippen LogP contribution in [0.25, 0.3) is 10.7 Å². The molecule has 2 aromatic rings. The number of aliphatic carboxylic acids is 1. The predicted molar refractivity (Wildman–Crippen MR) is 64.6 cm³/mol. The van der Waals surface area contributed by atoms with Crippen molar-refractivity contribution in [1.29, 1.82) is 0 Å². The normalized spacial score (nSPS) is 10.5. The monoisotopic (exact) mass is 268 g/mol. The smallest absolute Gasteiger partial charge is 0.303 e. The van der Waals surface area contributed by atoms with E-state index in [1.807, 2.05) is 11.4 Å². The van der Waals surface area contributed by atoms with Crippen LogP contribution in [0.5, 0.6) is 5.75 Å². The molecule has 7 nitrogen and oxygen atoms in total. The number of methoxy groups -OCH3 is 1. The number of carbonyl (C=O) groups is 1. The van der Waals surface area contributed by atoms with E-state index in [-0.39, 0.29) is 6.42 Å². The Labute approximate surface area is 107 Å². The van der Waals surface area contributed by atoms with Gasteiger partial charge in [0.25, 0.3) is 0 Å². The average Bonchev–Trinajstić information content (AvgIpc) is 2.95. The van der Waals surface area contributed by atoms with Gasteiger partial charge in [0.2, 0.25) is 0 Å². The van der Waals surface area contributed by atoms with Crippen LogP contribution in [-0.2, 0) is 11.3 Å². The maximum Gasteiger partial charge on any atom is 0.303 e. The number of aromatic nitrogens is 4. The maximum atomic E-state index is 10.5. The Balaban J connectivity index is 2.15. The minimum Gasteiger partial charge on any atom is -0.495 e. The molecule has 0 spiro atoms. The SMILES string of the molecule is COc1ccsc1-c1nnnn1CCCC(=O)O. The molecule has 0 unspecified atom stereocenters. The molecule has 0 atom stereocenters. The number of ether oxygens (including phenoxy) is 1. The van der Waals surface area contributed by atoms with Gasteiger partial charge in [-0.2, -0.15) is 0 Å². The fourth-order valence-corrected chi connectivity index (χ4v) is 2.37. The van der Waals surface area contributed by atoms with Crippen molar-refractivity contribution in [3.05, 3.63) is 11.4 Å². The lowest BCUT2D eigenvalue weighted by atomic mass is 10.3. The Kier molecular flexibility index (Phi) is 3.88. The standard InChI is InChI=1S/C10H12N4O3S/c1-17-7-4-6-18-9(7)10-11-12-13-14(10)5-2-3-8(15)16/h4,6H,2-3,5H2,1H3,(H,15,16). The summed E-state index contributed by atoms with van der Waals surface area (Å²) < 4.78 is 6.81. The topological polar surface area (TPSA) is 90.1 Å². The van der Waals surface area contributed by atoms with Gasteiger partial charge in [-0.1, -0.05) is 0 Å². The quantitative estimate of drug-likeness (QED) is 0.848. The second kappa shape index (κ2) is 5.58. The summed E-state index contributed by atoms with van der Waals surface area (Å²) in [6.45, 7) is 0.468. The number of rotatable bonds is 6. The zero-order valence-corrected chi connectivity index (χ0v) is 10.6. The van der Waals surface area contributed by atoms with Gasteiger partial charge in [-0.15, -0.1) is 16.4 Å². The summed E-state index contributed by atoms with van der Waals surface area (Å²) in [7, 11) is 1.59. The molecule has 2 rings (SSSR count). The molecule has 0 bridgehead atoms. The Morgan fingerprint density at radius 3 is 3.17 bits per heavy atom. The highest BCUT2D eigenvalue weighted by Crippen LogP contribution is 2.33. The summed E-state index contributed by atoms with van der Waals surface area (Å²) in [6.07, 6.45) is 0.585. The number of tetrazole rings is 1. The van der Waals surface area contributed by atoms with Crippen LogP contribution in [0.15, 0.2) is 11.4 Å². The Bertz CT molecular complexity index is 537. The van der Waals surface area contributed by atoms with Crippen LogP contribution in [0.4, 0.5) is 0 Å². The highest BCUT2D eigenvalue weighted by molar-refractivity contribution is 7.13. The van der Waals surface area contributed by atoms with E-state index in [9.17, 15) is 4.79 Å². The van der Waals surface area contributed by atoms with Crippen LogP contribution < -0.4 is 4.74 Å². The van der Waals surface area contributed by atoms with E-state index in [1.54, 1.807) is 11.8 Å². The lowest BCUT2D eigenvalue weighted by Gasteiger charge is -2.03. The second-order valence-corrected chi connectivity index (χ2v) is 4.46. The molecule has 1 N–H and O–H groups in total. The molecule has 0 aliphatic rings. The van der Waals surface area contributed by atoms with Crippen LogP contribution in [-0.4, -0.2) is 38.4 Å². The van der Waals surface area contributed by atoms with Gasteiger partial charge >= 0.3 is 5.97 Å². The zero-order chi connectivity index (χ0) is 13.0. The molecule has 0 amide bonds. The van der Waals surface area contributed by atoms with Crippen LogP contribution in [0.2, 0.25) is 0 Å². The molecule has 0 aliphatic heterocycles. The number of hydrogen-bond donors (Lipinski definition) is 1. The molecule has 0 aromatic carbocycles. The number of thiophene rings is 1. The molecule has 0 saturated heterocycles. The molecular formula is C10H12N4O3S. The molecule has 0 aliphatic carbocycles.